The third kappa shape index (κ3) is 7.02. The van der Waals surface area contributed by atoms with Crippen molar-refractivity contribution in [2.45, 2.75) is 22.3 Å². The number of carboxylic acid groups (broad SMARTS) is 1. The second kappa shape index (κ2) is 10.5. The first-order valence-corrected chi connectivity index (χ1v) is 13.0. The molecule has 0 bridgehead atoms. The Morgan fingerprint density at radius 3 is 2.17 bits per heavy atom. The van der Waals surface area contributed by atoms with Crippen LogP contribution in [0.5, 0.6) is 0 Å². The number of carboxylic acids is 1. The average Bonchev–Trinajstić information content (AvgIpc) is 2.78. The molecule has 0 fully saturated rings. The van der Waals surface area contributed by atoms with Gasteiger partial charge < -0.3 is 16.6 Å². The Morgan fingerprint density at radius 2 is 1.51 bits per heavy atom. The van der Waals surface area contributed by atoms with E-state index >= 15 is 0 Å². The van der Waals surface area contributed by atoms with E-state index in [2.05, 4.69) is 14.4 Å². The van der Waals surface area contributed by atoms with Gasteiger partial charge in [-0.15, -0.1) is 0 Å². The third-order valence-electron chi connectivity index (χ3n) is 4.66. The number of rotatable bonds is 10. The number of aliphatic carboxylic acids is 1. The molecule has 0 saturated heterocycles. The van der Waals surface area contributed by atoms with Crippen molar-refractivity contribution in [2.75, 3.05) is 4.72 Å². The largest absolute Gasteiger partial charge is 0.481 e. The minimum Gasteiger partial charge on any atom is -0.481 e. The van der Waals surface area contributed by atoms with E-state index in [4.69, 9.17) is 11.5 Å². The van der Waals surface area contributed by atoms with E-state index in [9.17, 15) is 26.7 Å². The molecule has 184 valence electrons. The topological polar surface area (TPSA) is 194 Å². The summed E-state index contributed by atoms with van der Waals surface area (Å²) in [6, 6.07) is 17.7. The summed E-state index contributed by atoms with van der Waals surface area (Å²) in [6.07, 6.45) is -0.567. The lowest BCUT2D eigenvalue weighted by Gasteiger charge is -2.19. The quantitative estimate of drug-likeness (QED) is 0.199. The van der Waals surface area contributed by atoms with Crippen molar-refractivity contribution in [1.29, 1.82) is 0 Å². The summed E-state index contributed by atoms with van der Waals surface area (Å²) >= 11 is 0. The highest BCUT2D eigenvalue weighted by Crippen LogP contribution is 2.26. The summed E-state index contributed by atoms with van der Waals surface area (Å²) in [6.45, 7) is 0. The van der Waals surface area contributed by atoms with Crippen molar-refractivity contribution in [3.8, 4) is 0 Å². The second-order valence-corrected chi connectivity index (χ2v) is 10.7. The molecule has 1 atom stereocenters. The van der Waals surface area contributed by atoms with Gasteiger partial charge in [0.25, 0.3) is 10.0 Å². The van der Waals surface area contributed by atoms with E-state index in [0.29, 0.717) is 0 Å². The van der Waals surface area contributed by atoms with Crippen LogP contribution >= 0.6 is 0 Å². The van der Waals surface area contributed by atoms with E-state index in [0.717, 1.165) is 0 Å². The van der Waals surface area contributed by atoms with Crippen LogP contribution in [0, 0.1) is 0 Å². The SMILES string of the molecule is NC(N)=Nc1cccc(S(=O)(=O)Nc2cccc(C(CC(=O)O)NS(=O)(=O)c3ccccc3)c2)c1. The van der Waals surface area contributed by atoms with Crippen molar-refractivity contribution >= 4 is 43.4 Å². The maximum absolute atomic E-state index is 12.9. The maximum atomic E-state index is 12.9. The number of nitrogens with one attached hydrogen (secondary N) is 2. The Bertz CT molecular complexity index is 1450. The molecular weight excluding hydrogens is 494 g/mol. The molecule has 0 aliphatic rings. The van der Waals surface area contributed by atoms with Gasteiger partial charge >= 0.3 is 5.97 Å². The minimum atomic E-state index is -4.07. The molecule has 13 heteroatoms. The molecule has 0 aliphatic carbocycles. The molecule has 0 spiro atoms. The number of sulfonamides is 2. The number of carbonyl (C=O) groups is 1. The molecule has 3 aromatic rings. The zero-order valence-electron chi connectivity index (χ0n) is 18.2. The number of anilines is 1. The lowest BCUT2D eigenvalue weighted by molar-refractivity contribution is -0.137. The number of hydrogen-bond donors (Lipinski definition) is 5. The van der Waals surface area contributed by atoms with Gasteiger partial charge in [-0.1, -0.05) is 36.4 Å². The lowest BCUT2D eigenvalue weighted by atomic mass is 10.0. The fourth-order valence-electron chi connectivity index (χ4n) is 3.16. The van der Waals surface area contributed by atoms with Gasteiger partial charge in [0, 0.05) is 5.69 Å². The summed E-state index contributed by atoms with van der Waals surface area (Å²) in [4.78, 5) is 15.1. The zero-order chi connectivity index (χ0) is 25.6. The maximum Gasteiger partial charge on any atom is 0.305 e. The summed E-state index contributed by atoms with van der Waals surface area (Å²) in [5.41, 5.74) is 11.3. The number of hydrogen-bond acceptors (Lipinski definition) is 6. The third-order valence-corrected chi connectivity index (χ3v) is 7.52. The average molecular weight is 518 g/mol. The molecule has 0 heterocycles. The van der Waals surface area contributed by atoms with Gasteiger partial charge in [-0.25, -0.2) is 26.6 Å². The fourth-order valence-corrected chi connectivity index (χ4v) is 5.49. The Hall–Kier alpha value is -3.94. The molecule has 0 aliphatic heterocycles. The van der Waals surface area contributed by atoms with Crippen LogP contribution in [0.15, 0.2) is 93.6 Å². The number of nitrogens with two attached hydrogens (primary N) is 2. The lowest BCUT2D eigenvalue weighted by Crippen LogP contribution is -2.30. The summed E-state index contributed by atoms with van der Waals surface area (Å²) in [7, 11) is -8.11. The summed E-state index contributed by atoms with van der Waals surface area (Å²) in [5, 5.41) is 9.33. The molecule has 3 aromatic carbocycles. The fraction of sp³-hybridized carbons (Fsp3) is 0.0909. The Kier molecular flexibility index (Phi) is 7.74. The first-order valence-electron chi connectivity index (χ1n) is 10.1. The molecule has 0 aromatic heterocycles. The molecule has 3 rings (SSSR count). The normalized spacial score (nSPS) is 12.5. The Labute approximate surface area is 202 Å². The van der Waals surface area contributed by atoms with E-state index in [-0.39, 0.29) is 32.7 Å². The molecule has 35 heavy (non-hydrogen) atoms. The van der Waals surface area contributed by atoms with Gasteiger partial charge in [0.05, 0.1) is 27.9 Å². The van der Waals surface area contributed by atoms with Crippen LogP contribution in [-0.2, 0) is 24.8 Å². The highest BCUT2D eigenvalue weighted by Gasteiger charge is 2.24. The second-order valence-electron chi connectivity index (χ2n) is 7.35. The van der Waals surface area contributed by atoms with Crippen LogP contribution in [0.4, 0.5) is 11.4 Å². The van der Waals surface area contributed by atoms with Crippen molar-refractivity contribution < 1.29 is 26.7 Å². The van der Waals surface area contributed by atoms with Crippen molar-refractivity contribution in [3.63, 3.8) is 0 Å². The molecule has 1 unspecified atom stereocenters. The first-order chi connectivity index (χ1) is 16.5. The van der Waals surface area contributed by atoms with Crippen LogP contribution in [0.25, 0.3) is 0 Å². The molecule has 0 radical (unpaired) electrons. The van der Waals surface area contributed by atoms with Gasteiger partial charge in [0.15, 0.2) is 5.96 Å². The summed E-state index contributed by atoms with van der Waals surface area (Å²) in [5.74, 6) is -1.48. The molecular formula is C22H23N5O6S2. The van der Waals surface area contributed by atoms with E-state index < -0.39 is 38.5 Å². The van der Waals surface area contributed by atoms with Crippen LogP contribution in [0.2, 0.25) is 0 Å². The highest BCUT2D eigenvalue weighted by atomic mass is 32.2. The van der Waals surface area contributed by atoms with Crippen molar-refractivity contribution in [3.05, 3.63) is 84.4 Å². The number of guanidine groups is 1. The van der Waals surface area contributed by atoms with Crippen molar-refractivity contribution in [2.24, 2.45) is 16.5 Å². The zero-order valence-corrected chi connectivity index (χ0v) is 19.8. The monoisotopic (exact) mass is 517 g/mol. The van der Waals surface area contributed by atoms with E-state index in [1.165, 1.54) is 60.7 Å². The van der Waals surface area contributed by atoms with E-state index in [1.807, 2.05) is 0 Å². The molecule has 7 N–H and O–H groups in total. The van der Waals surface area contributed by atoms with Gasteiger partial charge in [0.1, 0.15) is 0 Å². The van der Waals surface area contributed by atoms with Gasteiger partial charge in [-0.3, -0.25) is 9.52 Å². The standard InChI is InChI=1S/C22H23N5O6S2/c23-22(24)25-16-7-5-11-19(13-16)35(32,33)26-17-8-4-6-15(12-17)20(14-21(28)29)27-34(30,31)18-9-2-1-3-10-18/h1-13,20,26-27H,14H2,(H,28,29)(H4,23,24,25). The van der Waals surface area contributed by atoms with Crippen LogP contribution in [-0.4, -0.2) is 33.9 Å². The van der Waals surface area contributed by atoms with Crippen LogP contribution in [0.3, 0.4) is 0 Å². The van der Waals surface area contributed by atoms with Crippen LogP contribution in [0.1, 0.15) is 18.0 Å². The smallest absolute Gasteiger partial charge is 0.305 e. The highest BCUT2D eigenvalue weighted by molar-refractivity contribution is 7.92. The number of nitrogens with zero attached hydrogens (tertiary/aromatic N) is 1. The molecule has 0 amide bonds. The minimum absolute atomic E-state index is 0.0343. The number of aliphatic imine (C=N–C) groups is 1. The van der Waals surface area contributed by atoms with Crippen molar-refractivity contribution in [1.82, 2.24) is 4.72 Å². The predicted octanol–water partition coefficient (Wildman–Crippen LogP) is 1.89. The molecule has 0 saturated carbocycles. The first kappa shape index (κ1) is 25.7. The van der Waals surface area contributed by atoms with Gasteiger partial charge in [-0.05, 0) is 48.0 Å². The van der Waals surface area contributed by atoms with Crippen LogP contribution < -0.4 is 20.9 Å². The predicted molar refractivity (Wildman–Crippen MR) is 131 cm³/mol. The summed E-state index contributed by atoms with van der Waals surface area (Å²) < 4.78 is 56.1. The molecule has 11 nitrogen and oxygen atoms in total. The van der Waals surface area contributed by atoms with Gasteiger partial charge in [0.2, 0.25) is 10.0 Å². The van der Waals surface area contributed by atoms with Gasteiger partial charge in [-0.2, -0.15) is 0 Å². The Balaban J connectivity index is 1.90. The van der Waals surface area contributed by atoms with E-state index in [1.54, 1.807) is 18.2 Å². The number of benzene rings is 3. The Morgan fingerprint density at radius 1 is 0.857 bits per heavy atom.